The molecule has 0 spiro atoms. The van der Waals surface area contributed by atoms with Gasteiger partial charge >= 0.3 is 0 Å². The van der Waals surface area contributed by atoms with E-state index in [9.17, 15) is 18.8 Å². The maximum atomic E-state index is 13.3. The monoisotopic (exact) mass is 460 g/mol. The second-order valence-electron chi connectivity index (χ2n) is 8.14. The lowest BCUT2D eigenvalue weighted by molar-refractivity contribution is -0.121. The van der Waals surface area contributed by atoms with Crippen LogP contribution in [0.1, 0.15) is 39.1 Å². The Balaban J connectivity index is 1.42. The van der Waals surface area contributed by atoms with Crippen molar-refractivity contribution in [2.24, 2.45) is 5.92 Å². The molecule has 0 saturated carbocycles. The standard InChI is InChI=1S/C27H25FN2O4/c1-34-24-9-5-4-8-23(24)29-26(32)19-14-16-30(17-15-19)27(33)22-7-3-2-6-21(22)25(31)18-10-12-20(28)13-11-18/h2-13,19H,14-17H2,1H3,(H,29,32). The summed E-state index contributed by atoms with van der Waals surface area (Å²) < 4.78 is 18.5. The highest BCUT2D eigenvalue weighted by Crippen LogP contribution is 2.27. The largest absolute Gasteiger partial charge is 0.495 e. The molecule has 0 radical (unpaired) electrons. The van der Waals surface area contributed by atoms with Gasteiger partial charge in [-0.2, -0.15) is 0 Å². The van der Waals surface area contributed by atoms with Crippen molar-refractivity contribution in [3.8, 4) is 5.75 Å². The smallest absolute Gasteiger partial charge is 0.254 e. The lowest BCUT2D eigenvalue weighted by atomic mass is 9.93. The Labute approximate surface area is 197 Å². The van der Waals surface area contributed by atoms with Crippen LogP contribution < -0.4 is 10.1 Å². The van der Waals surface area contributed by atoms with Crippen molar-refractivity contribution in [1.82, 2.24) is 4.90 Å². The quantitative estimate of drug-likeness (QED) is 0.548. The number of carbonyl (C=O) groups excluding carboxylic acids is 3. The van der Waals surface area contributed by atoms with Gasteiger partial charge in [-0.05, 0) is 55.3 Å². The molecular formula is C27H25FN2O4. The number of piperidine rings is 1. The van der Waals surface area contributed by atoms with E-state index in [1.54, 1.807) is 48.4 Å². The topological polar surface area (TPSA) is 75.7 Å². The number of para-hydroxylation sites is 2. The first kappa shape index (κ1) is 23.2. The van der Waals surface area contributed by atoms with Gasteiger partial charge in [0.2, 0.25) is 5.91 Å². The molecule has 1 aliphatic rings. The predicted octanol–water partition coefficient (Wildman–Crippen LogP) is 4.56. The van der Waals surface area contributed by atoms with Crippen LogP contribution in [0.3, 0.4) is 0 Å². The summed E-state index contributed by atoms with van der Waals surface area (Å²) in [7, 11) is 1.55. The predicted molar refractivity (Wildman–Crippen MR) is 127 cm³/mol. The molecule has 0 aliphatic carbocycles. The number of ether oxygens (including phenoxy) is 1. The third-order valence-electron chi connectivity index (χ3n) is 6.03. The van der Waals surface area contributed by atoms with Gasteiger partial charge in [0.1, 0.15) is 11.6 Å². The molecule has 1 heterocycles. The van der Waals surface area contributed by atoms with Gasteiger partial charge in [-0.25, -0.2) is 4.39 Å². The molecule has 34 heavy (non-hydrogen) atoms. The van der Waals surface area contributed by atoms with Crippen LogP contribution in [0.2, 0.25) is 0 Å². The summed E-state index contributed by atoms with van der Waals surface area (Å²) in [4.78, 5) is 40.7. The first-order valence-corrected chi connectivity index (χ1v) is 11.1. The minimum absolute atomic E-state index is 0.108. The number of ketones is 1. The third-order valence-corrected chi connectivity index (χ3v) is 6.03. The van der Waals surface area contributed by atoms with Gasteiger partial charge < -0.3 is 15.0 Å². The van der Waals surface area contributed by atoms with E-state index in [2.05, 4.69) is 5.32 Å². The summed E-state index contributed by atoms with van der Waals surface area (Å²) in [5.74, 6) is -0.775. The molecule has 2 amide bonds. The Hall–Kier alpha value is -4.00. The van der Waals surface area contributed by atoms with Gasteiger partial charge in [-0.3, -0.25) is 14.4 Å². The Morgan fingerprint density at radius 2 is 1.50 bits per heavy atom. The maximum Gasteiger partial charge on any atom is 0.254 e. The fourth-order valence-corrected chi connectivity index (χ4v) is 4.12. The number of rotatable bonds is 6. The molecule has 6 nitrogen and oxygen atoms in total. The fraction of sp³-hybridized carbons (Fsp3) is 0.222. The second kappa shape index (κ2) is 10.3. The molecule has 0 aromatic heterocycles. The summed E-state index contributed by atoms with van der Waals surface area (Å²) >= 11 is 0. The number of methoxy groups -OCH3 is 1. The minimum atomic E-state index is -0.432. The van der Waals surface area contributed by atoms with Crippen LogP contribution in [-0.2, 0) is 4.79 Å². The van der Waals surface area contributed by atoms with Crippen LogP contribution in [0.25, 0.3) is 0 Å². The van der Waals surface area contributed by atoms with Crippen LogP contribution in [0.5, 0.6) is 5.75 Å². The van der Waals surface area contributed by atoms with E-state index in [-0.39, 0.29) is 29.1 Å². The third kappa shape index (κ3) is 4.98. The number of hydrogen-bond acceptors (Lipinski definition) is 4. The number of anilines is 1. The number of nitrogens with one attached hydrogen (secondary N) is 1. The highest BCUT2D eigenvalue weighted by atomic mass is 19.1. The zero-order chi connectivity index (χ0) is 24.1. The SMILES string of the molecule is COc1ccccc1NC(=O)C1CCN(C(=O)c2ccccc2C(=O)c2ccc(F)cc2)CC1. The summed E-state index contributed by atoms with van der Waals surface area (Å²) in [5.41, 5.74) is 1.50. The van der Waals surface area contributed by atoms with E-state index >= 15 is 0 Å². The Kier molecular flexibility index (Phi) is 7.01. The van der Waals surface area contributed by atoms with E-state index in [4.69, 9.17) is 4.74 Å². The van der Waals surface area contributed by atoms with Crippen LogP contribution in [0, 0.1) is 11.7 Å². The molecule has 3 aromatic rings. The molecule has 0 unspecified atom stereocenters. The maximum absolute atomic E-state index is 13.3. The van der Waals surface area contributed by atoms with E-state index in [1.165, 1.54) is 24.3 Å². The average Bonchev–Trinajstić information content (AvgIpc) is 2.88. The zero-order valence-electron chi connectivity index (χ0n) is 18.8. The molecule has 1 fully saturated rings. The average molecular weight is 461 g/mol. The van der Waals surface area contributed by atoms with Gasteiger partial charge in [0.15, 0.2) is 5.78 Å². The summed E-state index contributed by atoms with van der Waals surface area (Å²) in [5, 5.41) is 2.91. The number of benzene rings is 3. The van der Waals surface area contributed by atoms with Crippen molar-refractivity contribution in [3.63, 3.8) is 0 Å². The van der Waals surface area contributed by atoms with Crippen LogP contribution >= 0.6 is 0 Å². The zero-order valence-corrected chi connectivity index (χ0v) is 18.8. The van der Waals surface area contributed by atoms with E-state index in [0.717, 1.165) is 0 Å². The molecule has 7 heteroatoms. The van der Waals surface area contributed by atoms with Crippen molar-refractivity contribution >= 4 is 23.3 Å². The molecule has 0 bridgehead atoms. The highest BCUT2D eigenvalue weighted by Gasteiger charge is 2.30. The van der Waals surface area contributed by atoms with Crippen LogP contribution in [0.4, 0.5) is 10.1 Å². The number of likely N-dealkylation sites (tertiary alicyclic amines) is 1. The van der Waals surface area contributed by atoms with Gasteiger partial charge in [-0.15, -0.1) is 0 Å². The van der Waals surface area contributed by atoms with Crippen molar-refractivity contribution in [2.75, 3.05) is 25.5 Å². The van der Waals surface area contributed by atoms with Gasteiger partial charge in [0, 0.05) is 30.1 Å². The van der Waals surface area contributed by atoms with E-state index < -0.39 is 5.82 Å². The van der Waals surface area contributed by atoms with Crippen LogP contribution in [-0.4, -0.2) is 42.7 Å². The fourth-order valence-electron chi connectivity index (χ4n) is 4.12. The Morgan fingerprint density at radius 1 is 0.882 bits per heavy atom. The molecule has 174 valence electrons. The lowest BCUT2D eigenvalue weighted by Gasteiger charge is -2.32. The molecule has 1 saturated heterocycles. The first-order valence-electron chi connectivity index (χ1n) is 11.1. The number of hydrogen-bond donors (Lipinski definition) is 1. The first-order chi connectivity index (χ1) is 16.5. The summed E-state index contributed by atoms with van der Waals surface area (Å²) in [6, 6.07) is 19.1. The van der Waals surface area contributed by atoms with Gasteiger partial charge in [0.25, 0.3) is 5.91 Å². The van der Waals surface area contributed by atoms with E-state index in [1.807, 2.05) is 12.1 Å². The van der Waals surface area contributed by atoms with Crippen molar-refractivity contribution in [2.45, 2.75) is 12.8 Å². The molecule has 3 aromatic carbocycles. The van der Waals surface area contributed by atoms with Crippen molar-refractivity contribution in [1.29, 1.82) is 0 Å². The Morgan fingerprint density at radius 3 is 2.18 bits per heavy atom. The number of nitrogens with zero attached hydrogens (tertiary/aromatic N) is 1. The van der Waals surface area contributed by atoms with Crippen molar-refractivity contribution < 1.29 is 23.5 Å². The van der Waals surface area contributed by atoms with Gasteiger partial charge in [0.05, 0.1) is 18.4 Å². The summed E-state index contributed by atoms with van der Waals surface area (Å²) in [6.45, 7) is 0.809. The number of amides is 2. The normalized spacial score (nSPS) is 13.9. The molecule has 4 rings (SSSR count). The second-order valence-corrected chi connectivity index (χ2v) is 8.14. The Bertz CT molecular complexity index is 1200. The van der Waals surface area contributed by atoms with Gasteiger partial charge in [-0.1, -0.05) is 30.3 Å². The highest BCUT2D eigenvalue weighted by molar-refractivity contribution is 6.15. The lowest BCUT2D eigenvalue weighted by Crippen LogP contribution is -2.41. The summed E-state index contributed by atoms with van der Waals surface area (Å²) in [6.07, 6.45) is 1.03. The molecule has 0 atom stereocenters. The number of carbonyl (C=O) groups is 3. The molecular weight excluding hydrogens is 435 g/mol. The number of halogens is 1. The molecule has 1 aliphatic heterocycles. The minimum Gasteiger partial charge on any atom is -0.495 e. The van der Waals surface area contributed by atoms with Crippen molar-refractivity contribution in [3.05, 3.63) is 95.3 Å². The van der Waals surface area contributed by atoms with Crippen LogP contribution in [0.15, 0.2) is 72.8 Å². The molecule has 1 N–H and O–H groups in total. The van der Waals surface area contributed by atoms with E-state index in [0.29, 0.717) is 48.5 Å².